The van der Waals surface area contributed by atoms with E-state index >= 15 is 0 Å². The second-order valence-corrected chi connectivity index (χ2v) is 4.85. The van der Waals surface area contributed by atoms with E-state index in [0.717, 1.165) is 31.5 Å². The molecule has 1 aromatic rings. The molecule has 0 aliphatic carbocycles. The van der Waals surface area contributed by atoms with Crippen LogP contribution >= 0.6 is 11.6 Å². The standard InChI is InChI=1S/C15H24ClNO2/c1-5-12(6-2)19-15-13(16)8-11(10-17-7-3)9-14(15)18-4/h8-9,12,17H,5-7,10H2,1-4H3. The minimum atomic E-state index is 0.172. The van der Waals surface area contributed by atoms with Crippen LogP contribution in [0.3, 0.4) is 0 Å². The summed E-state index contributed by atoms with van der Waals surface area (Å²) in [7, 11) is 1.64. The molecule has 0 heterocycles. The molecule has 108 valence electrons. The number of benzene rings is 1. The maximum Gasteiger partial charge on any atom is 0.180 e. The minimum absolute atomic E-state index is 0.172. The van der Waals surface area contributed by atoms with Crippen molar-refractivity contribution in [3.8, 4) is 11.5 Å². The summed E-state index contributed by atoms with van der Waals surface area (Å²) in [6.07, 6.45) is 2.08. The lowest BCUT2D eigenvalue weighted by Crippen LogP contribution is -2.15. The van der Waals surface area contributed by atoms with E-state index in [9.17, 15) is 0 Å². The fourth-order valence-electron chi connectivity index (χ4n) is 1.88. The van der Waals surface area contributed by atoms with E-state index in [1.807, 2.05) is 12.1 Å². The van der Waals surface area contributed by atoms with Gasteiger partial charge in [-0.25, -0.2) is 0 Å². The SMILES string of the molecule is CCNCc1cc(Cl)c(OC(CC)CC)c(OC)c1. The maximum absolute atomic E-state index is 6.32. The van der Waals surface area contributed by atoms with Crippen molar-refractivity contribution in [1.82, 2.24) is 5.32 Å². The van der Waals surface area contributed by atoms with E-state index in [1.165, 1.54) is 0 Å². The van der Waals surface area contributed by atoms with Gasteiger partial charge < -0.3 is 14.8 Å². The van der Waals surface area contributed by atoms with Crippen LogP contribution in [-0.2, 0) is 6.54 Å². The third kappa shape index (κ3) is 4.59. The van der Waals surface area contributed by atoms with Gasteiger partial charge in [0.15, 0.2) is 11.5 Å². The second-order valence-electron chi connectivity index (χ2n) is 4.45. The van der Waals surface area contributed by atoms with Crippen molar-refractivity contribution in [2.24, 2.45) is 0 Å². The van der Waals surface area contributed by atoms with E-state index in [-0.39, 0.29) is 6.10 Å². The molecule has 3 nitrogen and oxygen atoms in total. The first-order valence-corrected chi connectivity index (χ1v) is 7.27. The van der Waals surface area contributed by atoms with Crippen LogP contribution in [0, 0.1) is 0 Å². The van der Waals surface area contributed by atoms with Crippen molar-refractivity contribution >= 4 is 11.6 Å². The first-order chi connectivity index (χ1) is 9.15. The molecule has 0 unspecified atom stereocenters. The minimum Gasteiger partial charge on any atom is -0.493 e. The van der Waals surface area contributed by atoms with Gasteiger partial charge in [0.25, 0.3) is 0 Å². The molecule has 0 saturated carbocycles. The van der Waals surface area contributed by atoms with Gasteiger partial charge in [0.2, 0.25) is 0 Å². The van der Waals surface area contributed by atoms with Crippen LogP contribution in [0.2, 0.25) is 5.02 Å². The molecule has 4 heteroatoms. The Morgan fingerprint density at radius 3 is 2.42 bits per heavy atom. The summed E-state index contributed by atoms with van der Waals surface area (Å²) < 4.78 is 11.3. The van der Waals surface area contributed by atoms with Crippen LogP contribution in [0.5, 0.6) is 11.5 Å². The molecule has 1 N–H and O–H groups in total. The summed E-state index contributed by atoms with van der Waals surface area (Å²) in [5.74, 6) is 1.35. The summed E-state index contributed by atoms with van der Waals surface area (Å²) in [5, 5.41) is 3.88. The van der Waals surface area contributed by atoms with Crippen LogP contribution in [0.4, 0.5) is 0 Å². The Balaban J connectivity index is 2.97. The van der Waals surface area contributed by atoms with Crippen LogP contribution in [0.25, 0.3) is 0 Å². The van der Waals surface area contributed by atoms with Gasteiger partial charge in [0, 0.05) is 6.54 Å². The molecular formula is C15H24ClNO2. The lowest BCUT2D eigenvalue weighted by atomic mass is 10.1. The van der Waals surface area contributed by atoms with Crippen molar-refractivity contribution in [3.63, 3.8) is 0 Å². The van der Waals surface area contributed by atoms with Gasteiger partial charge in [-0.1, -0.05) is 32.4 Å². The van der Waals surface area contributed by atoms with Crippen molar-refractivity contribution in [3.05, 3.63) is 22.7 Å². The highest BCUT2D eigenvalue weighted by Gasteiger charge is 2.15. The fourth-order valence-corrected chi connectivity index (χ4v) is 2.16. The van der Waals surface area contributed by atoms with Gasteiger partial charge in [0.1, 0.15) is 0 Å². The van der Waals surface area contributed by atoms with Gasteiger partial charge in [-0.05, 0) is 37.1 Å². The number of hydrogen-bond acceptors (Lipinski definition) is 3. The number of hydrogen-bond donors (Lipinski definition) is 1. The fraction of sp³-hybridized carbons (Fsp3) is 0.600. The van der Waals surface area contributed by atoms with Gasteiger partial charge in [0.05, 0.1) is 18.2 Å². The summed E-state index contributed by atoms with van der Waals surface area (Å²) in [6, 6.07) is 3.91. The quantitative estimate of drug-likeness (QED) is 0.782. The lowest BCUT2D eigenvalue weighted by Gasteiger charge is -2.19. The largest absolute Gasteiger partial charge is 0.493 e. The molecule has 0 bridgehead atoms. The molecule has 0 amide bonds. The molecule has 1 rings (SSSR count). The lowest BCUT2D eigenvalue weighted by molar-refractivity contribution is 0.185. The second kappa shape index (κ2) is 8.28. The smallest absolute Gasteiger partial charge is 0.180 e. The Labute approximate surface area is 121 Å². The predicted molar refractivity (Wildman–Crippen MR) is 80.4 cm³/mol. The van der Waals surface area contributed by atoms with E-state index in [2.05, 4.69) is 26.1 Å². The van der Waals surface area contributed by atoms with Gasteiger partial charge >= 0.3 is 0 Å². The molecule has 0 aliphatic rings. The Morgan fingerprint density at radius 1 is 1.21 bits per heavy atom. The Hall–Kier alpha value is -0.930. The first-order valence-electron chi connectivity index (χ1n) is 6.89. The molecule has 0 aromatic heterocycles. The molecule has 0 spiro atoms. The van der Waals surface area contributed by atoms with Crippen molar-refractivity contribution in [2.75, 3.05) is 13.7 Å². The number of methoxy groups -OCH3 is 1. The van der Waals surface area contributed by atoms with Crippen molar-refractivity contribution in [2.45, 2.75) is 46.3 Å². The molecule has 1 aromatic carbocycles. The highest BCUT2D eigenvalue weighted by atomic mass is 35.5. The normalized spacial score (nSPS) is 10.8. The average Bonchev–Trinajstić information content (AvgIpc) is 2.43. The summed E-state index contributed by atoms with van der Waals surface area (Å²) in [5.41, 5.74) is 1.10. The molecule has 0 saturated heterocycles. The zero-order valence-electron chi connectivity index (χ0n) is 12.3. The van der Waals surface area contributed by atoms with E-state index < -0.39 is 0 Å². The number of halogens is 1. The van der Waals surface area contributed by atoms with Crippen LogP contribution < -0.4 is 14.8 Å². The Bertz CT molecular complexity index is 392. The van der Waals surface area contributed by atoms with E-state index in [0.29, 0.717) is 16.5 Å². The molecule has 0 radical (unpaired) electrons. The molecule has 19 heavy (non-hydrogen) atoms. The summed E-state index contributed by atoms with van der Waals surface area (Å²) >= 11 is 6.32. The van der Waals surface area contributed by atoms with Crippen molar-refractivity contribution in [1.29, 1.82) is 0 Å². The van der Waals surface area contributed by atoms with Gasteiger partial charge in [-0.2, -0.15) is 0 Å². The molecule has 0 fully saturated rings. The molecule has 0 aliphatic heterocycles. The van der Waals surface area contributed by atoms with Gasteiger partial charge in [-0.15, -0.1) is 0 Å². The summed E-state index contributed by atoms with van der Waals surface area (Å²) in [6.45, 7) is 7.98. The van der Waals surface area contributed by atoms with E-state index in [1.54, 1.807) is 7.11 Å². The highest BCUT2D eigenvalue weighted by molar-refractivity contribution is 6.32. The topological polar surface area (TPSA) is 30.5 Å². The number of ether oxygens (including phenoxy) is 2. The zero-order chi connectivity index (χ0) is 14.3. The monoisotopic (exact) mass is 285 g/mol. The Kier molecular flexibility index (Phi) is 7.03. The zero-order valence-corrected chi connectivity index (χ0v) is 13.0. The van der Waals surface area contributed by atoms with Gasteiger partial charge in [-0.3, -0.25) is 0 Å². The third-order valence-corrected chi connectivity index (χ3v) is 3.34. The average molecular weight is 286 g/mol. The Morgan fingerprint density at radius 2 is 1.89 bits per heavy atom. The predicted octanol–water partition coefficient (Wildman–Crippen LogP) is 4.03. The van der Waals surface area contributed by atoms with Crippen LogP contribution in [0.15, 0.2) is 12.1 Å². The number of rotatable bonds is 8. The summed E-state index contributed by atoms with van der Waals surface area (Å²) in [4.78, 5) is 0. The maximum atomic E-state index is 6.32. The van der Waals surface area contributed by atoms with E-state index in [4.69, 9.17) is 21.1 Å². The van der Waals surface area contributed by atoms with Crippen LogP contribution in [-0.4, -0.2) is 19.8 Å². The van der Waals surface area contributed by atoms with Crippen LogP contribution in [0.1, 0.15) is 39.2 Å². The van der Waals surface area contributed by atoms with Crippen molar-refractivity contribution < 1.29 is 9.47 Å². The molecular weight excluding hydrogens is 262 g/mol. The third-order valence-electron chi connectivity index (χ3n) is 3.06. The first kappa shape index (κ1) is 16.1. The molecule has 0 atom stereocenters. The highest BCUT2D eigenvalue weighted by Crippen LogP contribution is 2.37. The number of nitrogens with one attached hydrogen (secondary N) is 1.